The van der Waals surface area contributed by atoms with Gasteiger partial charge in [0.2, 0.25) is 0 Å². The average Bonchev–Trinajstić information content (AvgIpc) is 2.54. The molecule has 0 heteroatoms. The van der Waals surface area contributed by atoms with Crippen molar-refractivity contribution in [2.75, 3.05) is 0 Å². The number of rotatable bonds is 2. The summed E-state index contributed by atoms with van der Waals surface area (Å²) in [4.78, 5) is 0. The fourth-order valence-electron chi connectivity index (χ4n) is 2.69. The molecule has 1 aliphatic rings. The van der Waals surface area contributed by atoms with E-state index in [1.807, 2.05) is 6.08 Å². The maximum atomic E-state index is 3.97. The van der Waals surface area contributed by atoms with Crippen LogP contribution in [0.2, 0.25) is 0 Å². The van der Waals surface area contributed by atoms with Gasteiger partial charge in [-0.3, -0.25) is 0 Å². The second-order valence-electron chi connectivity index (χ2n) is 6.12. The molecule has 0 saturated heterocycles. The van der Waals surface area contributed by atoms with E-state index in [9.17, 15) is 0 Å². The van der Waals surface area contributed by atoms with E-state index in [2.05, 4.69) is 88.9 Å². The van der Waals surface area contributed by atoms with Crippen LogP contribution in [0.3, 0.4) is 0 Å². The number of benzene rings is 1. The van der Waals surface area contributed by atoms with Gasteiger partial charge in [-0.25, -0.2) is 0 Å². The molecule has 0 nitrogen and oxygen atoms in total. The van der Waals surface area contributed by atoms with Gasteiger partial charge in [-0.2, -0.15) is 0 Å². The quantitative estimate of drug-likeness (QED) is 0.587. The smallest absolute Gasteiger partial charge is 0.00421 e. The lowest BCUT2D eigenvalue weighted by Crippen LogP contribution is -2.01. The predicted octanol–water partition coefficient (Wildman–Crippen LogP) is 6.45. The van der Waals surface area contributed by atoms with Crippen LogP contribution in [0.25, 0.3) is 11.6 Å². The largest absolute Gasteiger partial charge is 0.0984 e. The summed E-state index contributed by atoms with van der Waals surface area (Å²) < 4.78 is 0. The number of hydrogen-bond donors (Lipinski definition) is 0. The predicted molar refractivity (Wildman–Crippen MR) is 99.5 cm³/mol. The molecule has 22 heavy (non-hydrogen) atoms. The highest BCUT2D eigenvalue weighted by Crippen LogP contribution is 2.31. The highest BCUT2D eigenvalue weighted by Gasteiger charge is 2.13. The molecular weight excluding hydrogens is 264 g/mol. The molecule has 0 fully saturated rings. The third-order valence-electron chi connectivity index (χ3n) is 4.58. The first-order valence-corrected chi connectivity index (χ1v) is 8.00. The maximum Gasteiger partial charge on any atom is -0.00421 e. The van der Waals surface area contributed by atoms with Crippen LogP contribution < -0.4 is 0 Å². The summed E-state index contributed by atoms with van der Waals surface area (Å²) in [5, 5.41) is 0. The van der Waals surface area contributed by atoms with E-state index in [-0.39, 0.29) is 0 Å². The molecule has 0 radical (unpaired) electrons. The summed E-state index contributed by atoms with van der Waals surface area (Å²) >= 11 is 0. The van der Waals surface area contributed by atoms with Crippen molar-refractivity contribution in [3.05, 3.63) is 83.5 Å². The van der Waals surface area contributed by atoms with Crippen molar-refractivity contribution >= 4 is 11.6 Å². The second kappa shape index (κ2) is 7.26. The van der Waals surface area contributed by atoms with E-state index in [0.717, 1.165) is 0 Å². The van der Waals surface area contributed by atoms with Crippen molar-refractivity contribution in [1.82, 2.24) is 0 Å². The Hall–Kier alpha value is -2.08. The van der Waals surface area contributed by atoms with Crippen LogP contribution in [0.15, 0.2) is 72.4 Å². The first-order valence-electron chi connectivity index (χ1n) is 8.00. The topological polar surface area (TPSA) is 0 Å². The SMILES string of the molecule is C=Cc1ccccc1C1=C(C)C(C)/C=C\C=C/C(C)C(C)=C1. The van der Waals surface area contributed by atoms with Crippen LogP contribution in [0.4, 0.5) is 0 Å². The van der Waals surface area contributed by atoms with Gasteiger partial charge in [0, 0.05) is 0 Å². The Labute approximate surface area is 135 Å². The second-order valence-corrected chi connectivity index (χ2v) is 6.12. The van der Waals surface area contributed by atoms with E-state index in [1.54, 1.807) is 0 Å². The number of allylic oxidation sites excluding steroid dienone is 8. The minimum atomic E-state index is 0.412. The van der Waals surface area contributed by atoms with Gasteiger partial charge in [-0.15, -0.1) is 0 Å². The standard InChI is InChI=1S/C22H26/c1-6-20-13-9-10-14-21(20)22-15-18(4)16(2)11-7-8-12-17(3)19(22)5/h6-17H,1H2,2-5H3/b11-7-,12-8-,18-15?,22-19?. The lowest BCUT2D eigenvalue weighted by atomic mass is 9.86. The molecule has 0 saturated carbocycles. The molecular formula is C22H26. The summed E-state index contributed by atoms with van der Waals surface area (Å²) in [6, 6.07) is 8.51. The fraction of sp³-hybridized carbons (Fsp3) is 0.273. The normalized spacial score (nSPS) is 25.4. The summed E-state index contributed by atoms with van der Waals surface area (Å²) in [6.45, 7) is 12.9. The van der Waals surface area contributed by atoms with E-state index >= 15 is 0 Å². The van der Waals surface area contributed by atoms with Crippen molar-refractivity contribution in [3.8, 4) is 0 Å². The molecule has 0 bridgehead atoms. The van der Waals surface area contributed by atoms with Gasteiger partial charge in [0.05, 0.1) is 0 Å². The van der Waals surface area contributed by atoms with Crippen molar-refractivity contribution in [2.45, 2.75) is 27.7 Å². The Morgan fingerprint density at radius 2 is 1.59 bits per heavy atom. The van der Waals surface area contributed by atoms with Crippen molar-refractivity contribution in [2.24, 2.45) is 11.8 Å². The van der Waals surface area contributed by atoms with Gasteiger partial charge < -0.3 is 0 Å². The Morgan fingerprint density at radius 1 is 0.955 bits per heavy atom. The minimum Gasteiger partial charge on any atom is -0.0984 e. The Morgan fingerprint density at radius 3 is 2.27 bits per heavy atom. The van der Waals surface area contributed by atoms with Crippen molar-refractivity contribution in [1.29, 1.82) is 0 Å². The first-order chi connectivity index (χ1) is 10.5. The zero-order chi connectivity index (χ0) is 16.1. The molecule has 1 aromatic rings. The molecule has 0 heterocycles. The lowest BCUT2D eigenvalue weighted by molar-refractivity contribution is 0.848. The van der Waals surface area contributed by atoms with Gasteiger partial charge in [-0.05, 0) is 42.4 Å². The molecule has 2 rings (SSSR count). The van der Waals surface area contributed by atoms with Crippen molar-refractivity contribution in [3.63, 3.8) is 0 Å². The van der Waals surface area contributed by atoms with Crippen LogP contribution in [-0.2, 0) is 0 Å². The molecule has 1 aliphatic carbocycles. The summed E-state index contributed by atoms with van der Waals surface area (Å²) in [5.74, 6) is 0.853. The van der Waals surface area contributed by atoms with Crippen LogP contribution in [0, 0.1) is 11.8 Å². The highest BCUT2D eigenvalue weighted by molar-refractivity contribution is 5.82. The third-order valence-corrected chi connectivity index (χ3v) is 4.58. The molecule has 2 atom stereocenters. The van der Waals surface area contributed by atoms with E-state index < -0.39 is 0 Å². The number of hydrogen-bond acceptors (Lipinski definition) is 0. The third kappa shape index (κ3) is 3.57. The Bertz CT molecular complexity index is 665. The monoisotopic (exact) mass is 290 g/mol. The minimum absolute atomic E-state index is 0.412. The zero-order valence-corrected chi connectivity index (χ0v) is 14.1. The van der Waals surface area contributed by atoms with E-state index in [1.165, 1.54) is 27.8 Å². The van der Waals surface area contributed by atoms with Crippen LogP contribution >= 0.6 is 0 Å². The summed E-state index contributed by atoms with van der Waals surface area (Å²) in [7, 11) is 0. The fourth-order valence-corrected chi connectivity index (χ4v) is 2.69. The van der Waals surface area contributed by atoms with Gasteiger partial charge in [0.25, 0.3) is 0 Å². The average molecular weight is 290 g/mol. The van der Waals surface area contributed by atoms with E-state index in [4.69, 9.17) is 0 Å². The highest BCUT2D eigenvalue weighted by atomic mass is 14.2. The van der Waals surface area contributed by atoms with Gasteiger partial charge in [-0.1, -0.05) is 92.3 Å². The van der Waals surface area contributed by atoms with Crippen LogP contribution in [0.5, 0.6) is 0 Å². The molecule has 0 N–H and O–H groups in total. The molecule has 0 aliphatic heterocycles. The molecule has 0 amide bonds. The summed E-state index contributed by atoms with van der Waals surface area (Å²) in [6.07, 6.45) is 13.1. The molecule has 0 spiro atoms. The zero-order valence-electron chi connectivity index (χ0n) is 14.1. The van der Waals surface area contributed by atoms with Gasteiger partial charge in [0.15, 0.2) is 0 Å². The van der Waals surface area contributed by atoms with E-state index in [0.29, 0.717) is 11.8 Å². The van der Waals surface area contributed by atoms with Crippen molar-refractivity contribution < 1.29 is 0 Å². The molecule has 1 aromatic carbocycles. The molecule has 2 unspecified atom stereocenters. The Balaban J connectivity index is 2.68. The lowest BCUT2D eigenvalue weighted by Gasteiger charge is -2.18. The summed E-state index contributed by atoms with van der Waals surface area (Å²) in [5.41, 5.74) is 6.57. The van der Waals surface area contributed by atoms with Gasteiger partial charge in [0.1, 0.15) is 0 Å². The first kappa shape index (κ1) is 16.3. The van der Waals surface area contributed by atoms with Gasteiger partial charge >= 0.3 is 0 Å². The maximum absolute atomic E-state index is 3.97. The van der Waals surface area contributed by atoms with Crippen LogP contribution in [-0.4, -0.2) is 0 Å². The molecule has 0 aromatic heterocycles. The molecule has 114 valence electrons. The van der Waals surface area contributed by atoms with Crippen LogP contribution in [0.1, 0.15) is 38.8 Å². The Kier molecular flexibility index (Phi) is 5.38.